The molecule has 3 heteroatoms. The number of rotatable bonds is 5. The normalized spacial score (nSPS) is 33.5. The lowest BCUT2D eigenvalue weighted by Crippen LogP contribution is -2.65. The molecule has 2 aliphatic rings. The predicted molar refractivity (Wildman–Crippen MR) is 85.2 cm³/mol. The van der Waals surface area contributed by atoms with Gasteiger partial charge in [0, 0.05) is 31.2 Å². The van der Waals surface area contributed by atoms with Crippen LogP contribution in [0.2, 0.25) is 0 Å². The minimum absolute atomic E-state index is 0.0873. The number of ether oxygens (including phenoxy) is 1. The zero-order valence-electron chi connectivity index (χ0n) is 14.2. The first-order chi connectivity index (χ1) is 9.44. The lowest BCUT2D eigenvalue weighted by atomic mass is 9.86. The highest BCUT2D eigenvalue weighted by Crippen LogP contribution is 2.33. The monoisotopic (exact) mass is 282 g/mol. The number of hydrogen-bond donors (Lipinski definition) is 1. The van der Waals surface area contributed by atoms with E-state index in [0.29, 0.717) is 17.7 Å². The minimum atomic E-state index is 0.0873. The fraction of sp³-hybridized carbons (Fsp3) is 1.00. The zero-order chi connectivity index (χ0) is 14.8. The van der Waals surface area contributed by atoms with E-state index in [9.17, 15) is 0 Å². The van der Waals surface area contributed by atoms with Gasteiger partial charge in [0.1, 0.15) is 0 Å². The fourth-order valence-corrected chi connectivity index (χ4v) is 3.91. The molecule has 2 rings (SSSR count). The Morgan fingerprint density at radius 2 is 1.90 bits per heavy atom. The van der Waals surface area contributed by atoms with Gasteiger partial charge in [-0.2, -0.15) is 0 Å². The molecule has 0 amide bonds. The third-order valence-electron chi connectivity index (χ3n) is 5.62. The van der Waals surface area contributed by atoms with E-state index in [0.717, 1.165) is 13.1 Å². The van der Waals surface area contributed by atoms with E-state index in [1.165, 1.54) is 38.6 Å². The smallest absolute Gasteiger partial charge is 0.0710 e. The molecule has 20 heavy (non-hydrogen) atoms. The standard InChI is InChI=1S/C17H34N2O/c1-6-14-11-19(17(7-2,8-3)13-18-14)12-15-9-10-16(4,5)20-15/h14-15,18H,6-13H2,1-5H3. The SMILES string of the molecule is CCC1CN(CC2CCC(C)(C)O2)C(CC)(CC)CN1. The van der Waals surface area contributed by atoms with Crippen molar-refractivity contribution in [2.24, 2.45) is 0 Å². The van der Waals surface area contributed by atoms with Gasteiger partial charge < -0.3 is 10.1 Å². The maximum atomic E-state index is 6.24. The van der Waals surface area contributed by atoms with E-state index in [1.54, 1.807) is 0 Å². The molecular weight excluding hydrogens is 248 g/mol. The van der Waals surface area contributed by atoms with Crippen LogP contribution in [0, 0.1) is 0 Å². The van der Waals surface area contributed by atoms with Crippen molar-refractivity contribution < 1.29 is 4.74 Å². The van der Waals surface area contributed by atoms with Crippen LogP contribution in [-0.4, -0.2) is 47.8 Å². The molecule has 2 fully saturated rings. The first-order valence-corrected chi connectivity index (χ1v) is 8.61. The average Bonchev–Trinajstić information content (AvgIpc) is 2.78. The highest BCUT2D eigenvalue weighted by Gasteiger charge is 2.41. The van der Waals surface area contributed by atoms with Crippen molar-refractivity contribution in [1.29, 1.82) is 0 Å². The number of piperazine rings is 1. The zero-order valence-corrected chi connectivity index (χ0v) is 14.2. The topological polar surface area (TPSA) is 24.5 Å². The van der Waals surface area contributed by atoms with Crippen LogP contribution >= 0.6 is 0 Å². The van der Waals surface area contributed by atoms with Crippen molar-refractivity contribution in [3.8, 4) is 0 Å². The van der Waals surface area contributed by atoms with Gasteiger partial charge in [0.25, 0.3) is 0 Å². The van der Waals surface area contributed by atoms with Crippen LogP contribution in [0.1, 0.15) is 66.7 Å². The summed E-state index contributed by atoms with van der Waals surface area (Å²) in [6, 6.07) is 0.649. The van der Waals surface area contributed by atoms with Crippen LogP contribution < -0.4 is 5.32 Å². The van der Waals surface area contributed by atoms with Crippen molar-refractivity contribution in [2.45, 2.75) is 90.0 Å². The van der Waals surface area contributed by atoms with E-state index >= 15 is 0 Å². The Labute approximate surface area is 125 Å². The van der Waals surface area contributed by atoms with Crippen molar-refractivity contribution in [3.63, 3.8) is 0 Å². The molecule has 0 radical (unpaired) electrons. The molecule has 0 spiro atoms. The summed E-state index contributed by atoms with van der Waals surface area (Å²) in [6.45, 7) is 14.8. The van der Waals surface area contributed by atoms with E-state index in [4.69, 9.17) is 4.74 Å². The van der Waals surface area contributed by atoms with Crippen LogP contribution in [0.3, 0.4) is 0 Å². The predicted octanol–water partition coefficient (Wildman–Crippen LogP) is 3.19. The van der Waals surface area contributed by atoms with Gasteiger partial charge in [-0.3, -0.25) is 4.90 Å². The van der Waals surface area contributed by atoms with Gasteiger partial charge in [0.2, 0.25) is 0 Å². The molecule has 3 nitrogen and oxygen atoms in total. The van der Waals surface area contributed by atoms with Gasteiger partial charge in [0.15, 0.2) is 0 Å². The van der Waals surface area contributed by atoms with Crippen LogP contribution in [-0.2, 0) is 4.74 Å². The number of nitrogens with one attached hydrogen (secondary N) is 1. The Balaban J connectivity index is 2.04. The average molecular weight is 282 g/mol. The van der Waals surface area contributed by atoms with Crippen LogP contribution in [0.4, 0.5) is 0 Å². The second-order valence-electron chi connectivity index (χ2n) is 7.36. The lowest BCUT2D eigenvalue weighted by Gasteiger charge is -2.50. The maximum Gasteiger partial charge on any atom is 0.0710 e. The molecule has 2 heterocycles. The maximum absolute atomic E-state index is 6.24. The Morgan fingerprint density at radius 3 is 2.40 bits per heavy atom. The molecule has 2 unspecified atom stereocenters. The Hall–Kier alpha value is -0.120. The van der Waals surface area contributed by atoms with E-state index in [1.807, 2.05) is 0 Å². The van der Waals surface area contributed by atoms with Crippen molar-refractivity contribution in [1.82, 2.24) is 10.2 Å². The van der Waals surface area contributed by atoms with E-state index in [2.05, 4.69) is 44.8 Å². The molecule has 0 aliphatic carbocycles. The van der Waals surface area contributed by atoms with Crippen molar-refractivity contribution in [3.05, 3.63) is 0 Å². The molecule has 0 bridgehead atoms. The third-order valence-corrected chi connectivity index (χ3v) is 5.62. The largest absolute Gasteiger partial charge is 0.371 e. The van der Waals surface area contributed by atoms with Crippen LogP contribution in [0.25, 0.3) is 0 Å². The molecule has 0 aromatic carbocycles. The fourth-order valence-electron chi connectivity index (χ4n) is 3.91. The van der Waals surface area contributed by atoms with Gasteiger partial charge in [-0.1, -0.05) is 20.8 Å². The van der Waals surface area contributed by atoms with Crippen LogP contribution in [0.15, 0.2) is 0 Å². The second-order valence-corrected chi connectivity index (χ2v) is 7.36. The molecule has 2 atom stereocenters. The van der Waals surface area contributed by atoms with Gasteiger partial charge in [0.05, 0.1) is 11.7 Å². The summed E-state index contributed by atoms with van der Waals surface area (Å²) in [7, 11) is 0. The van der Waals surface area contributed by atoms with Crippen molar-refractivity contribution >= 4 is 0 Å². The lowest BCUT2D eigenvalue weighted by molar-refractivity contribution is -0.0578. The van der Waals surface area contributed by atoms with Crippen LogP contribution in [0.5, 0.6) is 0 Å². The highest BCUT2D eigenvalue weighted by atomic mass is 16.5. The molecule has 2 saturated heterocycles. The first kappa shape index (κ1) is 16.3. The molecule has 0 aromatic heterocycles. The highest BCUT2D eigenvalue weighted by molar-refractivity contribution is 4.98. The Kier molecular flexibility index (Phi) is 5.14. The van der Waals surface area contributed by atoms with Gasteiger partial charge in [-0.05, 0) is 46.0 Å². The van der Waals surface area contributed by atoms with Gasteiger partial charge in [-0.15, -0.1) is 0 Å². The molecule has 1 N–H and O–H groups in total. The second kappa shape index (κ2) is 6.33. The minimum Gasteiger partial charge on any atom is -0.371 e. The molecule has 118 valence electrons. The Morgan fingerprint density at radius 1 is 1.20 bits per heavy atom. The van der Waals surface area contributed by atoms with Crippen molar-refractivity contribution in [2.75, 3.05) is 19.6 Å². The molecular formula is C17H34N2O. The van der Waals surface area contributed by atoms with E-state index in [-0.39, 0.29) is 5.60 Å². The number of nitrogens with zero attached hydrogens (tertiary/aromatic N) is 1. The summed E-state index contributed by atoms with van der Waals surface area (Å²) in [4.78, 5) is 2.74. The Bertz CT molecular complexity index is 312. The summed E-state index contributed by atoms with van der Waals surface area (Å²) in [5, 5.41) is 3.75. The third kappa shape index (κ3) is 3.37. The number of hydrogen-bond acceptors (Lipinski definition) is 3. The summed E-state index contributed by atoms with van der Waals surface area (Å²) < 4.78 is 6.24. The van der Waals surface area contributed by atoms with Gasteiger partial charge >= 0.3 is 0 Å². The van der Waals surface area contributed by atoms with E-state index < -0.39 is 0 Å². The van der Waals surface area contributed by atoms with Gasteiger partial charge in [-0.25, -0.2) is 0 Å². The summed E-state index contributed by atoms with van der Waals surface area (Å²) in [5.74, 6) is 0. The summed E-state index contributed by atoms with van der Waals surface area (Å²) >= 11 is 0. The molecule has 0 aromatic rings. The first-order valence-electron chi connectivity index (χ1n) is 8.61. The summed E-state index contributed by atoms with van der Waals surface area (Å²) in [6.07, 6.45) is 6.52. The molecule has 0 saturated carbocycles. The molecule has 2 aliphatic heterocycles. The quantitative estimate of drug-likeness (QED) is 0.838. The summed E-state index contributed by atoms with van der Waals surface area (Å²) in [5.41, 5.74) is 0.422.